The van der Waals surface area contributed by atoms with Gasteiger partial charge in [-0.25, -0.2) is 4.98 Å². The van der Waals surface area contributed by atoms with E-state index >= 15 is 0 Å². The average molecular weight is 382 g/mol. The zero-order valence-corrected chi connectivity index (χ0v) is 16.4. The predicted octanol–water partition coefficient (Wildman–Crippen LogP) is 2.67. The average Bonchev–Trinajstić information content (AvgIpc) is 3.29. The molecular formula is C20H26N6O2. The van der Waals surface area contributed by atoms with Gasteiger partial charge in [0.05, 0.1) is 5.69 Å². The summed E-state index contributed by atoms with van der Waals surface area (Å²) in [5.41, 5.74) is 3.36. The van der Waals surface area contributed by atoms with Gasteiger partial charge in [0, 0.05) is 50.6 Å². The second kappa shape index (κ2) is 8.00. The van der Waals surface area contributed by atoms with E-state index in [-0.39, 0.29) is 11.8 Å². The van der Waals surface area contributed by atoms with Crippen molar-refractivity contribution in [2.75, 3.05) is 18.0 Å². The summed E-state index contributed by atoms with van der Waals surface area (Å²) in [7, 11) is 0. The summed E-state index contributed by atoms with van der Waals surface area (Å²) in [6.45, 7) is 7.04. The number of amides is 1. The molecule has 1 aliphatic heterocycles. The lowest BCUT2D eigenvalue weighted by Gasteiger charge is -2.31. The Morgan fingerprint density at radius 2 is 2.32 bits per heavy atom. The third-order valence-corrected chi connectivity index (χ3v) is 5.27. The lowest BCUT2D eigenvalue weighted by molar-refractivity contribution is -0.122. The highest BCUT2D eigenvalue weighted by Gasteiger charge is 2.25. The Kier molecular flexibility index (Phi) is 5.27. The monoisotopic (exact) mass is 382 g/mol. The summed E-state index contributed by atoms with van der Waals surface area (Å²) in [6.07, 6.45) is 6.28. The van der Waals surface area contributed by atoms with Crippen molar-refractivity contribution in [3.8, 4) is 0 Å². The maximum Gasteiger partial charge on any atom is 0.299 e. The number of carbonyl (C=O) groups is 1. The van der Waals surface area contributed by atoms with Crippen LogP contribution in [0.1, 0.15) is 37.4 Å². The quantitative estimate of drug-likeness (QED) is 0.705. The molecule has 1 amide bonds. The van der Waals surface area contributed by atoms with Crippen molar-refractivity contribution in [1.82, 2.24) is 25.1 Å². The number of fused-ring (bicyclic) bond motifs is 1. The largest absolute Gasteiger partial charge is 0.422 e. The Morgan fingerprint density at radius 3 is 3.11 bits per heavy atom. The third kappa shape index (κ3) is 4.00. The van der Waals surface area contributed by atoms with Crippen LogP contribution in [0.5, 0.6) is 0 Å². The van der Waals surface area contributed by atoms with Gasteiger partial charge in [0.2, 0.25) is 11.6 Å². The normalized spacial score (nSPS) is 17.2. The molecule has 0 saturated carbocycles. The number of rotatable bonds is 6. The maximum absolute atomic E-state index is 12.5. The molecule has 0 bridgehead atoms. The van der Waals surface area contributed by atoms with E-state index in [4.69, 9.17) is 4.42 Å². The zero-order chi connectivity index (χ0) is 19.5. The first-order valence-electron chi connectivity index (χ1n) is 9.88. The van der Waals surface area contributed by atoms with E-state index in [2.05, 4.69) is 32.2 Å². The van der Waals surface area contributed by atoms with Gasteiger partial charge in [-0.3, -0.25) is 9.48 Å². The van der Waals surface area contributed by atoms with Gasteiger partial charge in [-0.15, -0.1) is 0 Å². The number of hydrogen-bond acceptors (Lipinski definition) is 6. The molecule has 3 aromatic rings. The number of nitrogens with one attached hydrogen (secondary N) is 1. The third-order valence-electron chi connectivity index (χ3n) is 5.27. The Balaban J connectivity index is 1.32. The van der Waals surface area contributed by atoms with Gasteiger partial charge in [-0.1, -0.05) is 0 Å². The fourth-order valence-corrected chi connectivity index (χ4v) is 3.72. The van der Waals surface area contributed by atoms with Crippen LogP contribution in [0.4, 0.5) is 6.01 Å². The van der Waals surface area contributed by atoms with Crippen LogP contribution in [0.15, 0.2) is 28.9 Å². The SMILES string of the molecule is CCn1cc(CNC(=O)CC2CCCN(c3nc4ncccc4o3)C2)c(C)n1. The number of piperidine rings is 1. The van der Waals surface area contributed by atoms with E-state index in [1.807, 2.05) is 29.9 Å². The van der Waals surface area contributed by atoms with Crippen molar-refractivity contribution >= 4 is 23.2 Å². The highest BCUT2D eigenvalue weighted by atomic mass is 16.4. The first-order chi connectivity index (χ1) is 13.6. The van der Waals surface area contributed by atoms with Crippen LogP contribution in [0.2, 0.25) is 0 Å². The van der Waals surface area contributed by atoms with Crippen LogP contribution in [0.25, 0.3) is 11.2 Å². The molecule has 1 N–H and O–H groups in total. The molecule has 1 aliphatic rings. The first-order valence-corrected chi connectivity index (χ1v) is 9.88. The fourth-order valence-electron chi connectivity index (χ4n) is 3.72. The summed E-state index contributed by atoms with van der Waals surface area (Å²) in [6, 6.07) is 4.31. The van der Waals surface area contributed by atoms with Crippen molar-refractivity contribution in [3.05, 3.63) is 35.8 Å². The molecular weight excluding hydrogens is 356 g/mol. The second-order valence-corrected chi connectivity index (χ2v) is 7.35. The number of nitrogens with zero attached hydrogens (tertiary/aromatic N) is 5. The van der Waals surface area contributed by atoms with E-state index in [1.54, 1.807) is 6.20 Å². The van der Waals surface area contributed by atoms with Gasteiger partial charge in [0.25, 0.3) is 6.01 Å². The van der Waals surface area contributed by atoms with Crippen LogP contribution >= 0.6 is 0 Å². The van der Waals surface area contributed by atoms with Crippen molar-refractivity contribution in [3.63, 3.8) is 0 Å². The first kappa shape index (κ1) is 18.5. The molecule has 1 fully saturated rings. The minimum atomic E-state index is 0.0785. The molecule has 0 spiro atoms. The predicted molar refractivity (Wildman–Crippen MR) is 106 cm³/mol. The molecule has 0 radical (unpaired) electrons. The molecule has 1 atom stereocenters. The van der Waals surface area contributed by atoms with Gasteiger partial charge < -0.3 is 14.6 Å². The van der Waals surface area contributed by atoms with E-state index in [0.29, 0.717) is 30.2 Å². The molecule has 3 aromatic heterocycles. The highest BCUT2D eigenvalue weighted by Crippen LogP contribution is 2.26. The van der Waals surface area contributed by atoms with Crippen molar-refractivity contribution in [1.29, 1.82) is 0 Å². The number of pyridine rings is 1. The molecule has 4 rings (SSSR count). The van der Waals surface area contributed by atoms with E-state index < -0.39 is 0 Å². The van der Waals surface area contributed by atoms with Crippen molar-refractivity contribution in [2.24, 2.45) is 5.92 Å². The minimum absolute atomic E-state index is 0.0785. The van der Waals surface area contributed by atoms with E-state index in [1.165, 1.54) is 0 Å². The Hall–Kier alpha value is -2.90. The Labute approximate surface area is 163 Å². The number of hydrogen-bond donors (Lipinski definition) is 1. The van der Waals surface area contributed by atoms with Gasteiger partial charge in [-0.2, -0.15) is 10.1 Å². The topological polar surface area (TPSA) is 89.1 Å². The van der Waals surface area contributed by atoms with Gasteiger partial charge >= 0.3 is 0 Å². The fraction of sp³-hybridized carbons (Fsp3) is 0.500. The zero-order valence-electron chi connectivity index (χ0n) is 16.4. The molecule has 8 heteroatoms. The summed E-state index contributed by atoms with van der Waals surface area (Å²) in [5, 5.41) is 7.46. The summed E-state index contributed by atoms with van der Waals surface area (Å²) < 4.78 is 7.73. The van der Waals surface area contributed by atoms with Crippen LogP contribution in [0.3, 0.4) is 0 Å². The maximum atomic E-state index is 12.5. The minimum Gasteiger partial charge on any atom is -0.422 e. The molecule has 4 heterocycles. The van der Waals surface area contributed by atoms with Crippen LogP contribution in [0, 0.1) is 12.8 Å². The van der Waals surface area contributed by atoms with Gasteiger partial charge in [-0.05, 0) is 44.7 Å². The molecule has 28 heavy (non-hydrogen) atoms. The standard InChI is InChI=1S/C20H26N6O2/c1-3-26-13-16(14(2)24-26)11-22-18(27)10-15-6-5-9-25(12-15)20-23-19-17(28-20)7-4-8-21-19/h4,7-8,13,15H,3,5-6,9-12H2,1-2H3,(H,22,27). The number of anilines is 1. The number of oxazole rings is 1. The Bertz CT molecular complexity index is 930. The van der Waals surface area contributed by atoms with Crippen LogP contribution in [-0.4, -0.2) is 38.7 Å². The molecule has 0 aliphatic carbocycles. The number of aromatic nitrogens is 4. The van der Waals surface area contributed by atoms with Crippen LogP contribution < -0.4 is 10.2 Å². The van der Waals surface area contributed by atoms with E-state index in [9.17, 15) is 4.79 Å². The summed E-state index contributed by atoms with van der Waals surface area (Å²) >= 11 is 0. The van der Waals surface area contributed by atoms with Crippen molar-refractivity contribution < 1.29 is 9.21 Å². The Morgan fingerprint density at radius 1 is 1.43 bits per heavy atom. The number of aryl methyl sites for hydroxylation is 2. The van der Waals surface area contributed by atoms with Gasteiger partial charge in [0.15, 0.2) is 5.58 Å². The van der Waals surface area contributed by atoms with E-state index in [0.717, 1.165) is 43.7 Å². The summed E-state index contributed by atoms with van der Waals surface area (Å²) in [5.74, 6) is 0.367. The molecule has 1 unspecified atom stereocenters. The van der Waals surface area contributed by atoms with Gasteiger partial charge in [0.1, 0.15) is 0 Å². The molecule has 8 nitrogen and oxygen atoms in total. The lowest BCUT2D eigenvalue weighted by atomic mass is 9.94. The summed E-state index contributed by atoms with van der Waals surface area (Å²) in [4.78, 5) is 23.3. The molecule has 1 saturated heterocycles. The highest BCUT2D eigenvalue weighted by molar-refractivity contribution is 5.76. The molecule has 148 valence electrons. The van der Waals surface area contributed by atoms with Crippen molar-refractivity contribution in [2.45, 2.75) is 46.2 Å². The lowest BCUT2D eigenvalue weighted by Crippen LogP contribution is -2.38. The number of carbonyl (C=O) groups excluding carboxylic acids is 1. The van der Waals surface area contributed by atoms with Crippen LogP contribution in [-0.2, 0) is 17.9 Å². The second-order valence-electron chi connectivity index (χ2n) is 7.35. The smallest absolute Gasteiger partial charge is 0.299 e. The molecule has 0 aromatic carbocycles.